The van der Waals surface area contributed by atoms with Crippen molar-refractivity contribution in [1.82, 2.24) is 10.3 Å². The molecule has 16 heavy (non-hydrogen) atoms. The maximum atomic E-state index is 11.7. The van der Waals surface area contributed by atoms with E-state index < -0.39 is 0 Å². The Kier molecular flexibility index (Phi) is 8.83. The van der Waals surface area contributed by atoms with Crippen molar-refractivity contribution in [1.29, 1.82) is 0 Å². The van der Waals surface area contributed by atoms with Crippen LogP contribution < -0.4 is 11.1 Å². The van der Waals surface area contributed by atoms with E-state index in [0.717, 1.165) is 10.7 Å². The highest BCUT2D eigenvalue weighted by molar-refractivity contribution is 7.13. The average Bonchev–Trinajstić information content (AvgIpc) is 2.45. The third-order valence-corrected chi connectivity index (χ3v) is 2.91. The molecule has 1 rings (SSSR count). The highest BCUT2D eigenvalue weighted by atomic mass is 35.5. The number of hydrogen-bond donors (Lipinski definition) is 2. The molecule has 0 saturated heterocycles. The predicted octanol–water partition coefficient (Wildman–Crippen LogP) is 1.68. The Balaban J connectivity index is 0. The van der Waals surface area contributed by atoms with Crippen molar-refractivity contribution in [3.8, 4) is 0 Å². The molecule has 0 aliphatic rings. The molecule has 0 saturated carbocycles. The van der Waals surface area contributed by atoms with Crippen molar-refractivity contribution in [3.63, 3.8) is 0 Å². The molecule has 7 heteroatoms. The minimum Gasteiger partial charge on any atom is -0.348 e. The molecule has 1 heterocycles. The molecule has 4 nitrogen and oxygen atoms in total. The second-order valence-corrected chi connectivity index (χ2v) is 4.46. The summed E-state index contributed by atoms with van der Waals surface area (Å²) in [6.45, 7) is 6.05. The molecule has 0 bridgehead atoms. The van der Waals surface area contributed by atoms with Gasteiger partial charge in [-0.15, -0.1) is 36.2 Å². The number of aromatic nitrogens is 1. The molecule has 3 N–H and O–H groups in total. The summed E-state index contributed by atoms with van der Waals surface area (Å²) < 4.78 is 0. The number of aryl methyl sites for hydroxylation is 2. The van der Waals surface area contributed by atoms with E-state index in [-0.39, 0.29) is 36.8 Å². The van der Waals surface area contributed by atoms with E-state index in [0.29, 0.717) is 11.4 Å². The van der Waals surface area contributed by atoms with Gasteiger partial charge in [-0.2, -0.15) is 0 Å². The summed E-state index contributed by atoms with van der Waals surface area (Å²) in [6.07, 6.45) is 0. The van der Waals surface area contributed by atoms with Crippen molar-refractivity contribution in [3.05, 3.63) is 15.6 Å². The van der Waals surface area contributed by atoms with E-state index in [1.54, 1.807) is 0 Å². The number of carbonyl (C=O) groups excluding carboxylic acids is 1. The largest absolute Gasteiger partial charge is 0.348 e. The van der Waals surface area contributed by atoms with E-state index in [4.69, 9.17) is 5.73 Å². The quantitative estimate of drug-likeness (QED) is 0.888. The molecule has 0 unspecified atom stereocenters. The van der Waals surface area contributed by atoms with Gasteiger partial charge in [0.15, 0.2) is 0 Å². The van der Waals surface area contributed by atoms with Crippen LogP contribution in [0.5, 0.6) is 0 Å². The van der Waals surface area contributed by atoms with E-state index in [1.165, 1.54) is 11.3 Å². The second-order valence-electron chi connectivity index (χ2n) is 3.26. The summed E-state index contributed by atoms with van der Waals surface area (Å²) in [5.41, 5.74) is 6.20. The summed E-state index contributed by atoms with van der Waals surface area (Å²) in [5, 5.41) is 3.72. The maximum absolute atomic E-state index is 11.7. The summed E-state index contributed by atoms with van der Waals surface area (Å²) in [5.74, 6) is -0.0777. The summed E-state index contributed by atoms with van der Waals surface area (Å²) in [4.78, 5) is 16.5. The molecular formula is C9H17Cl2N3OS. The van der Waals surface area contributed by atoms with Crippen LogP contribution in [0.3, 0.4) is 0 Å². The third kappa shape index (κ3) is 4.65. The Hall–Kier alpha value is -0.360. The second kappa shape index (κ2) is 7.84. The zero-order valence-electron chi connectivity index (χ0n) is 9.44. The molecule has 1 amide bonds. The molecule has 0 aromatic carbocycles. The Morgan fingerprint density at radius 2 is 2.06 bits per heavy atom. The monoisotopic (exact) mass is 285 g/mol. The number of nitrogens with two attached hydrogens (primary N) is 1. The molecule has 0 radical (unpaired) electrons. The van der Waals surface area contributed by atoms with Gasteiger partial charge in [-0.3, -0.25) is 4.79 Å². The average molecular weight is 286 g/mol. The van der Waals surface area contributed by atoms with Crippen LogP contribution in [0, 0.1) is 13.8 Å². The van der Waals surface area contributed by atoms with Crippen molar-refractivity contribution < 1.29 is 4.79 Å². The molecule has 1 atom stereocenters. The van der Waals surface area contributed by atoms with Crippen LogP contribution in [0.2, 0.25) is 0 Å². The smallest absolute Gasteiger partial charge is 0.263 e. The van der Waals surface area contributed by atoms with Gasteiger partial charge >= 0.3 is 0 Å². The summed E-state index contributed by atoms with van der Waals surface area (Å²) >= 11 is 1.41. The van der Waals surface area contributed by atoms with Crippen LogP contribution in [0.25, 0.3) is 0 Å². The van der Waals surface area contributed by atoms with Crippen LogP contribution in [-0.4, -0.2) is 23.5 Å². The SMILES string of the molecule is Cc1nc(C)c(C(=O)N[C@@H](C)CN)s1.Cl.Cl. The number of thiazole rings is 1. The van der Waals surface area contributed by atoms with E-state index in [9.17, 15) is 4.79 Å². The zero-order chi connectivity index (χ0) is 10.7. The van der Waals surface area contributed by atoms with E-state index in [2.05, 4.69) is 10.3 Å². The zero-order valence-corrected chi connectivity index (χ0v) is 11.9. The standard InChI is InChI=1S/C9H15N3OS.2ClH/c1-5(4-10)11-9(13)8-6(2)12-7(3)14-8;;/h5H,4,10H2,1-3H3,(H,11,13);2*1H/t5-;;/m0../s1. The summed E-state index contributed by atoms with van der Waals surface area (Å²) in [6, 6.07) is 0.00399. The van der Waals surface area contributed by atoms with Crippen LogP contribution in [-0.2, 0) is 0 Å². The van der Waals surface area contributed by atoms with Crippen molar-refractivity contribution >= 4 is 42.1 Å². The van der Waals surface area contributed by atoms with Crippen molar-refractivity contribution in [2.24, 2.45) is 5.73 Å². The Labute approximate surface area is 112 Å². The van der Waals surface area contributed by atoms with Gasteiger partial charge in [0.2, 0.25) is 0 Å². The maximum Gasteiger partial charge on any atom is 0.263 e. The highest BCUT2D eigenvalue weighted by Crippen LogP contribution is 2.16. The van der Waals surface area contributed by atoms with Crippen LogP contribution >= 0.6 is 36.2 Å². The lowest BCUT2D eigenvalue weighted by molar-refractivity contribution is 0.0944. The number of rotatable bonds is 3. The number of hydrogen-bond acceptors (Lipinski definition) is 4. The van der Waals surface area contributed by atoms with Gasteiger partial charge < -0.3 is 11.1 Å². The fraction of sp³-hybridized carbons (Fsp3) is 0.556. The molecule has 0 aliphatic carbocycles. The first kappa shape index (κ1) is 18.0. The molecule has 0 fully saturated rings. The van der Waals surface area contributed by atoms with E-state index in [1.807, 2.05) is 20.8 Å². The van der Waals surface area contributed by atoms with Crippen LogP contribution in [0.15, 0.2) is 0 Å². The lowest BCUT2D eigenvalue weighted by Crippen LogP contribution is -2.37. The minimum absolute atomic E-state index is 0. The van der Waals surface area contributed by atoms with Crippen molar-refractivity contribution in [2.75, 3.05) is 6.54 Å². The number of carbonyl (C=O) groups is 1. The van der Waals surface area contributed by atoms with Gasteiger partial charge in [0.25, 0.3) is 5.91 Å². The van der Waals surface area contributed by atoms with Crippen molar-refractivity contribution in [2.45, 2.75) is 26.8 Å². The number of nitrogens with zero attached hydrogens (tertiary/aromatic N) is 1. The topological polar surface area (TPSA) is 68.0 Å². The molecule has 0 aliphatic heterocycles. The lowest BCUT2D eigenvalue weighted by atomic mass is 10.3. The predicted molar refractivity (Wildman–Crippen MR) is 72.1 cm³/mol. The number of nitrogens with one attached hydrogen (secondary N) is 1. The highest BCUT2D eigenvalue weighted by Gasteiger charge is 2.14. The fourth-order valence-electron chi connectivity index (χ4n) is 1.09. The number of amides is 1. The molecule has 1 aromatic heterocycles. The normalized spacial score (nSPS) is 11.0. The number of halogens is 2. The first-order valence-electron chi connectivity index (χ1n) is 4.49. The Morgan fingerprint density at radius 3 is 2.44 bits per heavy atom. The lowest BCUT2D eigenvalue weighted by Gasteiger charge is -2.09. The van der Waals surface area contributed by atoms with Crippen LogP contribution in [0.4, 0.5) is 0 Å². The van der Waals surface area contributed by atoms with Gasteiger partial charge in [0.05, 0.1) is 10.7 Å². The van der Waals surface area contributed by atoms with Crippen LogP contribution in [0.1, 0.15) is 27.3 Å². The minimum atomic E-state index is -0.0777. The van der Waals surface area contributed by atoms with Gasteiger partial charge in [-0.1, -0.05) is 0 Å². The van der Waals surface area contributed by atoms with Gasteiger partial charge in [-0.05, 0) is 20.8 Å². The van der Waals surface area contributed by atoms with E-state index >= 15 is 0 Å². The molecule has 94 valence electrons. The molecule has 0 spiro atoms. The van der Waals surface area contributed by atoms with Gasteiger partial charge in [0, 0.05) is 12.6 Å². The van der Waals surface area contributed by atoms with Gasteiger partial charge in [0.1, 0.15) is 4.88 Å². The third-order valence-electron chi connectivity index (χ3n) is 1.84. The molecular weight excluding hydrogens is 269 g/mol. The molecule has 1 aromatic rings. The first-order valence-corrected chi connectivity index (χ1v) is 5.31. The van der Waals surface area contributed by atoms with Gasteiger partial charge in [-0.25, -0.2) is 4.98 Å². The summed E-state index contributed by atoms with van der Waals surface area (Å²) in [7, 11) is 0. The fourth-order valence-corrected chi connectivity index (χ4v) is 1.91. The first-order chi connectivity index (χ1) is 6.54. The Bertz CT molecular complexity index is 343. The Morgan fingerprint density at radius 1 is 1.50 bits per heavy atom.